The first kappa shape index (κ1) is 16.1. The van der Waals surface area contributed by atoms with Crippen LogP contribution in [-0.2, 0) is 7.05 Å². The van der Waals surface area contributed by atoms with Crippen LogP contribution in [0.15, 0.2) is 18.6 Å². The van der Waals surface area contributed by atoms with Crippen molar-refractivity contribution in [3.8, 4) is 0 Å². The number of nitrogens with zero attached hydrogens (tertiary/aromatic N) is 4. The Kier molecular flexibility index (Phi) is 4.85. The Labute approximate surface area is 130 Å². The van der Waals surface area contributed by atoms with Crippen LogP contribution in [0.25, 0.3) is 0 Å². The molecule has 0 saturated carbocycles. The first-order chi connectivity index (χ1) is 10.4. The standard InChI is InChI=1S/C15H24N6O/c1-6-10(2)21-12(4)14(8-17-21)19-15(22)18-11(3)13-7-16-20(5)9-13/h7-11H,6H2,1-5H3,(H2,18,19,22)/t10-,11-/m1/s1. The minimum atomic E-state index is -0.247. The van der Waals surface area contributed by atoms with E-state index in [-0.39, 0.29) is 12.1 Å². The van der Waals surface area contributed by atoms with Crippen molar-refractivity contribution in [2.45, 2.75) is 46.2 Å². The predicted octanol–water partition coefficient (Wildman–Crippen LogP) is 2.78. The van der Waals surface area contributed by atoms with Crippen molar-refractivity contribution >= 4 is 11.7 Å². The molecule has 0 aliphatic carbocycles. The highest BCUT2D eigenvalue weighted by Gasteiger charge is 2.15. The van der Waals surface area contributed by atoms with Gasteiger partial charge >= 0.3 is 6.03 Å². The highest BCUT2D eigenvalue weighted by molar-refractivity contribution is 5.89. The normalized spacial score (nSPS) is 13.7. The summed E-state index contributed by atoms with van der Waals surface area (Å²) in [6, 6.07) is -0.0466. The summed E-state index contributed by atoms with van der Waals surface area (Å²) in [7, 11) is 1.85. The van der Waals surface area contributed by atoms with Crippen molar-refractivity contribution < 1.29 is 4.79 Å². The fourth-order valence-electron chi connectivity index (χ4n) is 2.27. The van der Waals surface area contributed by atoms with Crippen molar-refractivity contribution in [3.63, 3.8) is 0 Å². The Hall–Kier alpha value is -2.31. The van der Waals surface area contributed by atoms with Gasteiger partial charge < -0.3 is 10.6 Å². The van der Waals surface area contributed by atoms with Crippen LogP contribution in [0.1, 0.15) is 50.5 Å². The third kappa shape index (κ3) is 3.47. The van der Waals surface area contributed by atoms with Gasteiger partial charge in [-0.25, -0.2) is 4.79 Å². The van der Waals surface area contributed by atoms with Gasteiger partial charge in [0.2, 0.25) is 0 Å². The largest absolute Gasteiger partial charge is 0.331 e. The van der Waals surface area contributed by atoms with Crippen LogP contribution in [-0.4, -0.2) is 25.6 Å². The monoisotopic (exact) mass is 304 g/mol. The molecule has 0 fully saturated rings. The molecule has 0 aliphatic heterocycles. The van der Waals surface area contributed by atoms with Crippen LogP contribution in [0.5, 0.6) is 0 Å². The van der Waals surface area contributed by atoms with E-state index in [1.807, 2.05) is 31.8 Å². The third-order valence-corrected chi connectivity index (χ3v) is 3.87. The lowest BCUT2D eigenvalue weighted by molar-refractivity contribution is 0.249. The summed E-state index contributed by atoms with van der Waals surface area (Å²) in [4.78, 5) is 12.1. The molecule has 120 valence electrons. The van der Waals surface area contributed by atoms with Crippen LogP contribution < -0.4 is 10.6 Å². The number of hydrogen-bond acceptors (Lipinski definition) is 3. The Morgan fingerprint density at radius 3 is 2.64 bits per heavy atom. The highest BCUT2D eigenvalue weighted by Crippen LogP contribution is 2.19. The Morgan fingerprint density at radius 2 is 2.05 bits per heavy atom. The second kappa shape index (κ2) is 6.64. The van der Waals surface area contributed by atoms with Crippen LogP contribution >= 0.6 is 0 Å². The van der Waals surface area contributed by atoms with Gasteiger partial charge in [-0.05, 0) is 27.2 Å². The lowest BCUT2D eigenvalue weighted by Crippen LogP contribution is -2.31. The maximum absolute atomic E-state index is 12.1. The molecule has 7 heteroatoms. The molecule has 0 aliphatic rings. The van der Waals surface area contributed by atoms with Gasteiger partial charge in [0, 0.05) is 24.8 Å². The van der Waals surface area contributed by atoms with Crippen LogP contribution in [0.2, 0.25) is 0 Å². The maximum Gasteiger partial charge on any atom is 0.319 e. The van der Waals surface area contributed by atoms with E-state index in [2.05, 4.69) is 34.7 Å². The summed E-state index contributed by atoms with van der Waals surface area (Å²) in [5, 5.41) is 14.2. The van der Waals surface area contributed by atoms with Crippen LogP contribution in [0.3, 0.4) is 0 Å². The van der Waals surface area contributed by atoms with Crippen LogP contribution in [0.4, 0.5) is 10.5 Å². The summed E-state index contributed by atoms with van der Waals surface area (Å²) < 4.78 is 3.64. The van der Waals surface area contributed by atoms with Gasteiger partial charge in [0.25, 0.3) is 0 Å². The Bertz CT molecular complexity index is 644. The molecule has 22 heavy (non-hydrogen) atoms. The molecule has 0 radical (unpaired) electrons. The molecule has 2 aromatic heterocycles. The quantitative estimate of drug-likeness (QED) is 0.891. The van der Waals surface area contributed by atoms with Gasteiger partial charge in [-0.15, -0.1) is 0 Å². The summed E-state index contributed by atoms with van der Waals surface area (Å²) in [6.07, 6.45) is 6.32. The average molecular weight is 304 g/mol. The molecule has 0 bridgehead atoms. The van der Waals surface area contributed by atoms with Crippen molar-refractivity contribution in [3.05, 3.63) is 29.8 Å². The average Bonchev–Trinajstić information content (AvgIpc) is 3.05. The van der Waals surface area contributed by atoms with Crippen molar-refractivity contribution in [1.29, 1.82) is 0 Å². The number of amides is 2. The summed E-state index contributed by atoms with van der Waals surface area (Å²) in [6.45, 7) is 8.10. The lowest BCUT2D eigenvalue weighted by Gasteiger charge is -2.14. The highest BCUT2D eigenvalue weighted by atomic mass is 16.2. The van der Waals surface area contributed by atoms with E-state index in [4.69, 9.17) is 0 Å². The zero-order chi connectivity index (χ0) is 16.3. The zero-order valence-corrected chi connectivity index (χ0v) is 13.8. The van der Waals surface area contributed by atoms with E-state index in [9.17, 15) is 4.79 Å². The fraction of sp³-hybridized carbons (Fsp3) is 0.533. The van der Waals surface area contributed by atoms with Gasteiger partial charge in [0.1, 0.15) is 0 Å². The minimum Gasteiger partial charge on any atom is -0.331 e. The minimum absolute atomic E-state index is 0.112. The number of anilines is 1. The molecule has 2 rings (SSSR count). The Balaban J connectivity index is 1.99. The van der Waals surface area contributed by atoms with Gasteiger partial charge in [-0.1, -0.05) is 6.92 Å². The maximum atomic E-state index is 12.1. The molecule has 2 aromatic rings. The van der Waals surface area contributed by atoms with E-state index >= 15 is 0 Å². The number of carbonyl (C=O) groups is 1. The predicted molar refractivity (Wildman–Crippen MR) is 85.7 cm³/mol. The number of nitrogens with one attached hydrogen (secondary N) is 2. The number of hydrogen-bond donors (Lipinski definition) is 2. The zero-order valence-electron chi connectivity index (χ0n) is 13.8. The van der Waals surface area contributed by atoms with E-state index in [0.717, 1.165) is 23.4 Å². The molecule has 2 atom stereocenters. The second-order valence-corrected chi connectivity index (χ2v) is 5.61. The molecular weight excluding hydrogens is 280 g/mol. The van der Waals surface area contributed by atoms with E-state index < -0.39 is 0 Å². The molecular formula is C15H24N6O. The SMILES string of the molecule is CC[C@@H](C)n1ncc(NC(=O)N[C@H](C)c2cnn(C)c2)c1C. The van der Waals surface area contributed by atoms with Crippen molar-refractivity contribution in [2.75, 3.05) is 5.32 Å². The van der Waals surface area contributed by atoms with Gasteiger partial charge in [-0.2, -0.15) is 10.2 Å². The first-order valence-corrected chi connectivity index (χ1v) is 7.52. The molecule has 0 saturated heterocycles. The summed E-state index contributed by atoms with van der Waals surface area (Å²) in [5.41, 5.74) is 2.65. The van der Waals surface area contributed by atoms with E-state index in [1.54, 1.807) is 17.1 Å². The molecule has 0 unspecified atom stereocenters. The van der Waals surface area contributed by atoms with Crippen molar-refractivity contribution in [1.82, 2.24) is 24.9 Å². The number of rotatable bonds is 5. The van der Waals surface area contributed by atoms with Gasteiger partial charge in [-0.3, -0.25) is 9.36 Å². The number of urea groups is 1. The summed E-state index contributed by atoms with van der Waals surface area (Å²) in [5.74, 6) is 0. The topological polar surface area (TPSA) is 76.8 Å². The third-order valence-electron chi connectivity index (χ3n) is 3.87. The summed E-state index contributed by atoms with van der Waals surface area (Å²) >= 11 is 0. The molecule has 7 nitrogen and oxygen atoms in total. The van der Waals surface area contributed by atoms with Crippen LogP contribution in [0, 0.1) is 6.92 Å². The number of aryl methyl sites for hydroxylation is 1. The fourth-order valence-corrected chi connectivity index (χ4v) is 2.27. The smallest absolute Gasteiger partial charge is 0.319 e. The van der Waals surface area contributed by atoms with Gasteiger partial charge in [0.15, 0.2) is 0 Å². The first-order valence-electron chi connectivity index (χ1n) is 7.52. The van der Waals surface area contributed by atoms with Crippen molar-refractivity contribution in [2.24, 2.45) is 7.05 Å². The molecule has 2 N–H and O–H groups in total. The molecule has 0 aromatic carbocycles. The molecule has 0 spiro atoms. The molecule has 2 amide bonds. The second-order valence-electron chi connectivity index (χ2n) is 5.61. The van der Waals surface area contributed by atoms with Gasteiger partial charge in [0.05, 0.1) is 29.8 Å². The lowest BCUT2D eigenvalue weighted by atomic mass is 10.2. The number of aromatic nitrogens is 4. The van der Waals surface area contributed by atoms with E-state index in [0.29, 0.717) is 6.04 Å². The molecule has 2 heterocycles. The van der Waals surface area contributed by atoms with E-state index in [1.165, 1.54) is 0 Å². The number of carbonyl (C=O) groups excluding carboxylic acids is 1. The Morgan fingerprint density at radius 1 is 1.32 bits per heavy atom.